The Balaban J connectivity index is 1.80. The lowest BCUT2D eigenvalue weighted by Crippen LogP contribution is -2.31. The summed E-state index contributed by atoms with van der Waals surface area (Å²) in [6, 6.07) is 7.59. The Morgan fingerprint density at radius 1 is 1.38 bits per heavy atom. The van der Waals surface area contributed by atoms with Crippen molar-refractivity contribution in [3.05, 3.63) is 24.3 Å². The molecule has 6 heteroatoms. The Bertz CT molecular complexity index is 519. The lowest BCUT2D eigenvalue weighted by atomic mass is 10.2. The first-order chi connectivity index (χ1) is 10.1. The molecule has 21 heavy (non-hydrogen) atoms. The average Bonchev–Trinajstić information content (AvgIpc) is 2.44. The van der Waals surface area contributed by atoms with Gasteiger partial charge in [-0.15, -0.1) is 11.8 Å². The predicted molar refractivity (Wildman–Crippen MR) is 83.5 cm³/mol. The van der Waals surface area contributed by atoms with Crippen molar-refractivity contribution < 1.29 is 14.3 Å². The van der Waals surface area contributed by atoms with Crippen LogP contribution in [0.4, 0.5) is 5.69 Å². The molecular formula is C15H20N2O3S. The molecule has 0 saturated heterocycles. The summed E-state index contributed by atoms with van der Waals surface area (Å²) in [6.07, 6.45) is 0.901. The number of rotatable bonds is 6. The van der Waals surface area contributed by atoms with Crippen molar-refractivity contribution in [2.24, 2.45) is 0 Å². The van der Waals surface area contributed by atoms with Gasteiger partial charge >= 0.3 is 5.97 Å². The molecule has 1 aliphatic heterocycles. The highest BCUT2D eigenvalue weighted by Crippen LogP contribution is 2.36. The third-order valence-electron chi connectivity index (χ3n) is 3.07. The van der Waals surface area contributed by atoms with Gasteiger partial charge in [-0.3, -0.25) is 9.59 Å². The highest BCUT2D eigenvalue weighted by Gasteiger charge is 2.29. The normalized spacial score (nSPS) is 17.3. The van der Waals surface area contributed by atoms with Crippen LogP contribution in [0.5, 0.6) is 0 Å². The largest absolute Gasteiger partial charge is 0.466 e. The van der Waals surface area contributed by atoms with E-state index in [0.29, 0.717) is 6.61 Å². The number of thioether (sulfide) groups is 1. The molecule has 0 radical (unpaired) electrons. The van der Waals surface area contributed by atoms with Crippen LogP contribution in [0.2, 0.25) is 0 Å². The van der Waals surface area contributed by atoms with Gasteiger partial charge in [0, 0.05) is 11.4 Å². The number of hydrogen-bond donors (Lipinski definition) is 1. The SMILES string of the molecule is CN(C)CCCOC(=O)C[C@@H]1Sc2ccccc2NC1=O. The smallest absolute Gasteiger partial charge is 0.307 e. The maximum Gasteiger partial charge on any atom is 0.307 e. The van der Waals surface area contributed by atoms with Crippen molar-refractivity contribution in [1.29, 1.82) is 0 Å². The molecule has 5 nitrogen and oxygen atoms in total. The van der Waals surface area contributed by atoms with Crippen LogP contribution in [0.15, 0.2) is 29.2 Å². The van der Waals surface area contributed by atoms with Crippen LogP contribution in [-0.2, 0) is 14.3 Å². The van der Waals surface area contributed by atoms with Gasteiger partial charge in [0.25, 0.3) is 0 Å². The Morgan fingerprint density at radius 3 is 2.90 bits per heavy atom. The van der Waals surface area contributed by atoms with Crippen LogP contribution in [-0.4, -0.2) is 49.3 Å². The molecule has 1 amide bonds. The number of fused-ring (bicyclic) bond motifs is 1. The van der Waals surface area contributed by atoms with Crippen molar-refractivity contribution in [2.75, 3.05) is 32.6 Å². The minimum absolute atomic E-state index is 0.104. The highest BCUT2D eigenvalue weighted by molar-refractivity contribution is 8.01. The quantitative estimate of drug-likeness (QED) is 0.643. The Labute approximate surface area is 129 Å². The first-order valence-electron chi connectivity index (χ1n) is 6.93. The van der Waals surface area contributed by atoms with Gasteiger partial charge in [-0.2, -0.15) is 0 Å². The van der Waals surface area contributed by atoms with Crippen molar-refractivity contribution in [3.8, 4) is 0 Å². The number of hydrogen-bond acceptors (Lipinski definition) is 5. The van der Waals surface area contributed by atoms with E-state index in [1.54, 1.807) is 0 Å². The van der Waals surface area contributed by atoms with E-state index >= 15 is 0 Å². The van der Waals surface area contributed by atoms with Crippen LogP contribution in [0, 0.1) is 0 Å². The van der Waals surface area contributed by atoms with Gasteiger partial charge in [-0.1, -0.05) is 12.1 Å². The summed E-state index contributed by atoms with van der Waals surface area (Å²) >= 11 is 1.42. The fourth-order valence-corrected chi connectivity index (χ4v) is 3.10. The van der Waals surface area contributed by atoms with Crippen LogP contribution in [0.3, 0.4) is 0 Å². The number of nitrogens with one attached hydrogen (secondary N) is 1. The molecule has 0 unspecified atom stereocenters. The van der Waals surface area contributed by atoms with Gasteiger partial charge < -0.3 is 15.0 Å². The van der Waals surface area contributed by atoms with E-state index in [-0.39, 0.29) is 18.3 Å². The number of benzene rings is 1. The number of amides is 1. The lowest BCUT2D eigenvalue weighted by molar-refractivity contribution is -0.144. The Morgan fingerprint density at radius 2 is 2.14 bits per heavy atom. The predicted octanol–water partition coefficient (Wildman–Crippen LogP) is 1.98. The molecule has 1 heterocycles. The monoisotopic (exact) mass is 308 g/mol. The molecular weight excluding hydrogens is 288 g/mol. The maximum atomic E-state index is 12.0. The zero-order valence-corrected chi connectivity index (χ0v) is 13.1. The van der Waals surface area contributed by atoms with E-state index in [1.807, 2.05) is 43.3 Å². The number of para-hydroxylation sites is 1. The van der Waals surface area contributed by atoms with Gasteiger partial charge in [0.05, 0.1) is 24.0 Å². The van der Waals surface area contributed by atoms with E-state index in [2.05, 4.69) is 5.32 Å². The van der Waals surface area contributed by atoms with E-state index in [9.17, 15) is 9.59 Å². The topological polar surface area (TPSA) is 58.6 Å². The number of ether oxygens (including phenoxy) is 1. The molecule has 0 aliphatic carbocycles. The number of carbonyl (C=O) groups is 2. The van der Waals surface area contributed by atoms with Crippen molar-refractivity contribution in [2.45, 2.75) is 23.0 Å². The Hall–Kier alpha value is -1.53. The molecule has 114 valence electrons. The number of esters is 1. The third kappa shape index (κ3) is 4.75. The standard InChI is InChI=1S/C15H20N2O3S/c1-17(2)8-5-9-20-14(18)10-13-15(19)16-11-6-3-4-7-12(11)21-13/h3-4,6-7,13H,5,8-10H2,1-2H3,(H,16,19)/t13-/m0/s1. The number of carbonyl (C=O) groups excluding carboxylic acids is 2. The molecule has 0 spiro atoms. The molecule has 1 N–H and O–H groups in total. The van der Waals surface area contributed by atoms with E-state index in [0.717, 1.165) is 23.5 Å². The molecule has 0 fully saturated rings. The van der Waals surface area contributed by atoms with Gasteiger partial charge in [0.15, 0.2) is 0 Å². The van der Waals surface area contributed by atoms with Gasteiger partial charge in [0.1, 0.15) is 0 Å². The fourth-order valence-electron chi connectivity index (χ4n) is 2.00. The number of nitrogens with zero attached hydrogens (tertiary/aromatic N) is 1. The summed E-state index contributed by atoms with van der Waals surface area (Å²) in [5, 5.41) is 2.41. The second-order valence-corrected chi connectivity index (χ2v) is 6.42. The van der Waals surface area contributed by atoms with Crippen molar-refractivity contribution in [1.82, 2.24) is 4.90 Å². The Kier molecular flexibility index (Phi) is 5.64. The van der Waals surface area contributed by atoms with Gasteiger partial charge in [0.2, 0.25) is 5.91 Å². The summed E-state index contributed by atoms with van der Waals surface area (Å²) in [7, 11) is 3.95. The molecule has 1 atom stereocenters. The van der Waals surface area contributed by atoms with Crippen LogP contribution in [0.1, 0.15) is 12.8 Å². The second kappa shape index (κ2) is 7.47. The van der Waals surface area contributed by atoms with Crippen molar-refractivity contribution in [3.63, 3.8) is 0 Å². The minimum Gasteiger partial charge on any atom is -0.466 e. The third-order valence-corrected chi connectivity index (χ3v) is 4.35. The summed E-state index contributed by atoms with van der Waals surface area (Å²) in [5.74, 6) is -0.454. The van der Waals surface area contributed by atoms with Gasteiger partial charge in [-0.05, 0) is 32.6 Å². The summed E-state index contributed by atoms with van der Waals surface area (Å²) < 4.78 is 5.17. The average molecular weight is 308 g/mol. The van der Waals surface area contributed by atoms with E-state index < -0.39 is 5.25 Å². The van der Waals surface area contributed by atoms with Crippen LogP contribution in [0.25, 0.3) is 0 Å². The fraction of sp³-hybridized carbons (Fsp3) is 0.467. The molecule has 1 aromatic rings. The van der Waals surface area contributed by atoms with Crippen molar-refractivity contribution >= 4 is 29.3 Å². The van der Waals surface area contributed by atoms with Crippen LogP contribution >= 0.6 is 11.8 Å². The minimum atomic E-state index is -0.416. The molecule has 0 saturated carbocycles. The maximum absolute atomic E-state index is 12.0. The highest BCUT2D eigenvalue weighted by atomic mass is 32.2. The molecule has 0 bridgehead atoms. The molecule has 2 rings (SSSR count). The number of anilines is 1. The molecule has 1 aromatic carbocycles. The van der Waals surface area contributed by atoms with Gasteiger partial charge in [-0.25, -0.2) is 0 Å². The van der Waals surface area contributed by atoms with E-state index in [4.69, 9.17) is 4.74 Å². The summed E-state index contributed by atoms with van der Waals surface area (Å²) in [6.45, 7) is 1.27. The van der Waals surface area contributed by atoms with Crippen LogP contribution < -0.4 is 5.32 Å². The first kappa shape index (κ1) is 15.9. The first-order valence-corrected chi connectivity index (χ1v) is 7.81. The zero-order valence-electron chi connectivity index (χ0n) is 12.3. The summed E-state index contributed by atoms with van der Waals surface area (Å²) in [5.41, 5.74) is 0.808. The second-order valence-electron chi connectivity index (χ2n) is 5.17. The lowest BCUT2D eigenvalue weighted by Gasteiger charge is -2.23. The zero-order chi connectivity index (χ0) is 15.2. The van der Waals surface area contributed by atoms with E-state index in [1.165, 1.54) is 11.8 Å². The molecule has 1 aliphatic rings. The molecule has 0 aromatic heterocycles. The summed E-state index contributed by atoms with van der Waals surface area (Å²) in [4.78, 5) is 26.8.